The van der Waals surface area contributed by atoms with Crippen LogP contribution in [0.25, 0.3) is 0 Å². The van der Waals surface area contributed by atoms with Gasteiger partial charge in [0.25, 0.3) is 0 Å². The van der Waals surface area contributed by atoms with Crippen LogP contribution in [0.15, 0.2) is 0 Å². The van der Waals surface area contributed by atoms with E-state index in [-0.39, 0.29) is 0 Å². The fourth-order valence-electron chi connectivity index (χ4n) is 1.70. The van der Waals surface area contributed by atoms with Crippen LogP contribution in [0.2, 0.25) is 12.6 Å². The Hall–Kier alpha value is 0.0569. The van der Waals surface area contributed by atoms with Gasteiger partial charge in [0.05, 0.1) is 13.2 Å². The molecule has 1 fully saturated rings. The lowest BCUT2D eigenvalue weighted by Crippen LogP contribution is -2.39. The second-order valence-corrected chi connectivity index (χ2v) is 8.31. The van der Waals surface area contributed by atoms with Crippen LogP contribution in [-0.2, 0) is 18.3 Å². The molecule has 108 valence electrons. The lowest BCUT2D eigenvalue weighted by atomic mass is 10.5. The van der Waals surface area contributed by atoms with E-state index in [0.29, 0.717) is 6.10 Å². The minimum absolute atomic E-state index is 0.362. The standard InChI is InChI=1S/C13H28O4Si/c1-4-7-16-18(3,17-8-5-2)10-6-9-14-11-13-12-15-13/h13H,4-12H2,1-3H3. The van der Waals surface area contributed by atoms with Gasteiger partial charge in [0.1, 0.15) is 6.10 Å². The van der Waals surface area contributed by atoms with Crippen molar-refractivity contribution in [3.63, 3.8) is 0 Å². The summed E-state index contributed by atoms with van der Waals surface area (Å²) in [6.45, 7) is 10.4. The van der Waals surface area contributed by atoms with Crippen molar-refractivity contribution < 1.29 is 18.3 Å². The minimum atomic E-state index is -1.96. The molecule has 5 heteroatoms. The van der Waals surface area contributed by atoms with Crippen LogP contribution in [0.1, 0.15) is 33.1 Å². The first-order chi connectivity index (χ1) is 8.70. The third-order valence-corrected chi connectivity index (χ3v) is 5.74. The third kappa shape index (κ3) is 7.48. The van der Waals surface area contributed by atoms with E-state index in [0.717, 1.165) is 58.3 Å². The molecular formula is C13H28O4Si. The van der Waals surface area contributed by atoms with E-state index in [1.54, 1.807) is 0 Å². The van der Waals surface area contributed by atoms with Gasteiger partial charge >= 0.3 is 8.56 Å². The van der Waals surface area contributed by atoms with Gasteiger partial charge in [-0.3, -0.25) is 0 Å². The summed E-state index contributed by atoms with van der Waals surface area (Å²) in [6, 6.07) is 1.01. The molecule has 0 spiro atoms. The van der Waals surface area contributed by atoms with Gasteiger partial charge in [0, 0.05) is 19.8 Å². The summed E-state index contributed by atoms with van der Waals surface area (Å²) in [6.07, 6.45) is 3.48. The zero-order valence-corrected chi connectivity index (χ0v) is 13.1. The summed E-state index contributed by atoms with van der Waals surface area (Å²) >= 11 is 0. The molecule has 1 atom stereocenters. The van der Waals surface area contributed by atoms with Gasteiger partial charge in [-0.1, -0.05) is 13.8 Å². The van der Waals surface area contributed by atoms with Gasteiger partial charge in [-0.05, 0) is 31.9 Å². The van der Waals surface area contributed by atoms with Crippen molar-refractivity contribution >= 4 is 8.56 Å². The van der Waals surface area contributed by atoms with Gasteiger partial charge < -0.3 is 18.3 Å². The minimum Gasteiger partial charge on any atom is -0.394 e. The molecule has 18 heavy (non-hydrogen) atoms. The molecule has 1 aliphatic heterocycles. The Kier molecular flexibility index (Phi) is 8.09. The van der Waals surface area contributed by atoms with E-state index >= 15 is 0 Å². The number of hydrogen-bond acceptors (Lipinski definition) is 4. The van der Waals surface area contributed by atoms with E-state index in [2.05, 4.69) is 20.4 Å². The molecular weight excluding hydrogens is 248 g/mol. The Morgan fingerprint density at radius 2 is 1.72 bits per heavy atom. The summed E-state index contributed by atoms with van der Waals surface area (Å²) < 4.78 is 22.6. The van der Waals surface area contributed by atoms with E-state index in [1.807, 2.05) is 0 Å². The summed E-state index contributed by atoms with van der Waals surface area (Å²) in [5.41, 5.74) is 0. The molecule has 0 bridgehead atoms. The van der Waals surface area contributed by atoms with E-state index in [9.17, 15) is 0 Å². The average molecular weight is 276 g/mol. The maximum Gasteiger partial charge on any atom is 0.335 e. The van der Waals surface area contributed by atoms with E-state index in [4.69, 9.17) is 18.3 Å². The first-order valence-corrected chi connectivity index (χ1v) is 9.70. The highest BCUT2D eigenvalue weighted by atomic mass is 28.4. The van der Waals surface area contributed by atoms with Crippen LogP contribution in [0.4, 0.5) is 0 Å². The quantitative estimate of drug-likeness (QED) is 0.312. The Morgan fingerprint density at radius 3 is 2.22 bits per heavy atom. The molecule has 0 aliphatic carbocycles. The van der Waals surface area contributed by atoms with Crippen LogP contribution in [0, 0.1) is 0 Å². The van der Waals surface area contributed by atoms with Crippen LogP contribution in [0.5, 0.6) is 0 Å². The zero-order valence-electron chi connectivity index (χ0n) is 12.1. The maximum absolute atomic E-state index is 5.96. The molecule has 0 radical (unpaired) electrons. The molecule has 1 aliphatic rings. The number of rotatable bonds is 12. The maximum atomic E-state index is 5.96. The lowest BCUT2D eigenvalue weighted by Gasteiger charge is -2.26. The van der Waals surface area contributed by atoms with Crippen molar-refractivity contribution in [2.45, 2.75) is 51.8 Å². The van der Waals surface area contributed by atoms with Crippen LogP contribution < -0.4 is 0 Å². The molecule has 0 N–H and O–H groups in total. The van der Waals surface area contributed by atoms with Crippen molar-refractivity contribution in [2.75, 3.05) is 33.0 Å². The topological polar surface area (TPSA) is 40.2 Å². The lowest BCUT2D eigenvalue weighted by molar-refractivity contribution is 0.112. The SMILES string of the molecule is CCCO[Si](C)(CCCOCC1CO1)OCCC. The first-order valence-electron chi connectivity index (χ1n) is 7.17. The molecule has 0 saturated carbocycles. The predicted molar refractivity (Wildman–Crippen MR) is 74.1 cm³/mol. The summed E-state index contributed by atoms with van der Waals surface area (Å²) in [7, 11) is -1.96. The van der Waals surface area contributed by atoms with Crippen LogP contribution >= 0.6 is 0 Å². The predicted octanol–water partition coefficient (Wildman–Crippen LogP) is 2.72. The zero-order chi connectivity index (χ0) is 13.3. The van der Waals surface area contributed by atoms with Crippen LogP contribution in [0.3, 0.4) is 0 Å². The van der Waals surface area contributed by atoms with Crippen molar-refractivity contribution in [1.29, 1.82) is 0 Å². The molecule has 0 aromatic heterocycles. The number of hydrogen-bond donors (Lipinski definition) is 0. The fraction of sp³-hybridized carbons (Fsp3) is 1.00. The van der Waals surface area contributed by atoms with Crippen molar-refractivity contribution in [3.05, 3.63) is 0 Å². The highest BCUT2D eigenvalue weighted by Crippen LogP contribution is 2.17. The van der Waals surface area contributed by atoms with Gasteiger partial charge in [-0.2, -0.15) is 0 Å². The second-order valence-electron chi connectivity index (χ2n) is 4.96. The van der Waals surface area contributed by atoms with Crippen LogP contribution in [-0.4, -0.2) is 47.7 Å². The molecule has 4 nitrogen and oxygen atoms in total. The molecule has 0 aromatic rings. The Balaban J connectivity index is 2.11. The summed E-state index contributed by atoms with van der Waals surface area (Å²) in [4.78, 5) is 0. The van der Waals surface area contributed by atoms with E-state index < -0.39 is 8.56 Å². The molecule has 1 heterocycles. The molecule has 1 unspecified atom stereocenters. The molecule has 1 rings (SSSR count). The highest BCUT2D eigenvalue weighted by Gasteiger charge is 2.30. The van der Waals surface area contributed by atoms with Gasteiger partial charge in [0.15, 0.2) is 0 Å². The first kappa shape index (κ1) is 16.1. The fourth-order valence-corrected chi connectivity index (χ4v) is 4.13. The average Bonchev–Trinajstić information content (AvgIpc) is 3.18. The number of ether oxygens (including phenoxy) is 2. The highest BCUT2D eigenvalue weighted by molar-refractivity contribution is 6.66. The molecule has 1 saturated heterocycles. The summed E-state index contributed by atoms with van der Waals surface area (Å²) in [5.74, 6) is 0. The Morgan fingerprint density at radius 1 is 1.11 bits per heavy atom. The number of epoxide rings is 1. The Bertz CT molecular complexity index is 201. The normalized spacial score (nSPS) is 19.2. The monoisotopic (exact) mass is 276 g/mol. The van der Waals surface area contributed by atoms with Crippen molar-refractivity contribution in [3.8, 4) is 0 Å². The van der Waals surface area contributed by atoms with Gasteiger partial charge in [-0.25, -0.2) is 0 Å². The van der Waals surface area contributed by atoms with Gasteiger partial charge in [-0.15, -0.1) is 0 Å². The largest absolute Gasteiger partial charge is 0.394 e. The smallest absolute Gasteiger partial charge is 0.335 e. The third-order valence-electron chi connectivity index (χ3n) is 2.85. The molecule has 0 aromatic carbocycles. The summed E-state index contributed by atoms with van der Waals surface area (Å²) in [5, 5.41) is 0. The second kappa shape index (κ2) is 9.04. The Labute approximate surface area is 112 Å². The van der Waals surface area contributed by atoms with Crippen molar-refractivity contribution in [1.82, 2.24) is 0 Å². The molecule has 0 amide bonds. The van der Waals surface area contributed by atoms with Crippen molar-refractivity contribution in [2.24, 2.45) is 0 Å². The van der Waals surface area contributed by atoms with E-state index in [1.165, 1.54) is 0 Å². The van der Waals surface area contributed by atoms with Gasteiger partial charge in [0.2, 0.25) is 0 Å².